The number of halogens is 1. The van der Waals surface area contributed by atoms with Gasteiger partial charge in [-0.1, -0.05) is 22.9 Å². The highest BCUT2D eigenvalue weighted by molar-refractivity contribution is 9.10. The Hall–Kier alpha value is -1.07. The van der Waals surface area contributed by atoms with Crippen molar-refractivity contribution in [2.75, 3.05) is 25.1 Å². The summed E-state index contributed by atoms with van der Waals surface area (Å²) in [6.45, 7) is 4.54. The summed E-state index contributed by atoms with van der Waals surface area (Å²) >= 11 is 3.30. The Kier molecular flexibility index (Phi) is 4.47. The maximum atomic E-state index is 11.2. The van der Waals surface area contributed by atoms with Gasteiger partial charge in [-0.15, -0.1) is 0 Å². The maximum Gasteiger partial charge on any atom is 0.337 e. The van der Waals surface area contributed by atoms with Gasteiger partial charge >= 0.3 is 5.97 Å². The molecule has 0 aromatic heterocycles. The van der Waals surface area contributed by atoms with E-state index in [0.29, 0.717) is 11.3 Å². The molecule has 1 heterocycles. The lowest BCUT2D eigenvalue weighted by molar-refractivity contribution is 0.0299. The lowest BCUT2D eigenvalue weighted by Gasteiger charge is -2.34. The quantitative estimate of drug-likeness (QED) is 0.890. The number of carboxylic acid groups (broad SMARTS) is 1. The molecule has 4 nitrogen and oxygen atoms in total. The van der Waals surface area contributed by atoms with E-state index in [0.717, 1.165) is 37.1 Å². The number of carboxylic acids is 1. The minimum Gasteiger partial charge on any atom is -0.478 e. The van der Waals surface area contributed by atoms with Crippen LogP contribution >= 0.6 is 15.9 Å². The van der Waals surface area contributed by atoms with Crippen molar-refractivity contribution in [3.63, 3.8) is 0 Å². The molecule has 5 heteroatoms. The maximum absolute atomic E-state index is 11.2. The third-order valence-corrected chi connectivity index (χ3v) is 4.11. The standard InChI is InChI=1S/C14H18BrNO3/c1-14(4-6-19-7-5-14)9-16-12-3-2-10(15)8-11(12)13(17)18/h2-3,8,16H,4-7,9H2,1H3,(H,17,18). The van der Waals surface area contributed by atoms with Gasteiger partial charge in [0.05, 0.1) is 5.56 Å². The van der Waals surface area contributed by atoms with Crippen molar-refractivity contribution in [2.24, 2.45) is 5.41 Å². The van der Waals surface area contributed by atoms with Crippen LogP contribution < -0.4 is 5.32 Å². The van der Waals surface area contributed by atoms with Crippen molar-refractivity contribution >= 4 is 27.6 Å². The number of aromatic carboxylic acids is 1. The van der Waals surface area contributed by atoms with Crippen LogP contribution in [0.4, 0.5) is 5.69 Å². The highest BCUT2D eigenvalue weighted by Gasteiger charge is 2.27. The minimum absolute atomic E-state index is 0.168. The van der Waals surface area contributed by atoms with Crippen molar-refractivity contribution in [1.82, 2.24) is 0 Å². The molecule has 0 aliphatic carbocycles. The van der Waals surface area contributed by atoms with Crippen LogP contribution in [0.3, 0.4) is 0 Å². The first-order valence-electron chi connectivity index (χ1n) is 6.35. The second kappa shape index (κ2) is 5.92. The van der Waals surface area contributed by atoms with E-state index < -0.39 is 5.97 Å². The van der Waals surface area contributed by atoms with Crippen LogP contribution in [0.15, 0.2) is 22.7 Å². The Morgan fingerprint density at radius 2 is 2.16 bits per heavy atom. The van der Waals surface area contributed by atoms with Gasteiger partial charge in [-0.05, 0) is 36.5 Å². The largest absolute Gasteiger partial charge is 0.478 e. The summed E-state index contributed by atoms with van der Waals surface area (Å²) in [5, 5.41) is 12.5. The van der Waals surface area contributed by atoms with E-state index >= 15 is 0 Å². The molecule has 0 spiro atoms. The van der Waals surface area contributed by atoms with Crippen molar-refractivity contribution < 1.29 is 14.6 Å². The molecule has 2 rings (SSSR count). The Labute approximate surface area is 121 Å². The molecule has 1 aliphatic heterocycles. The Bertz CT molecular complexity index is 470. The van der Waals surface area contributed by atoms with E-state index in [9.17, 15) is 9.90 Å². The summed E-state index contributed by atoms with van der Waals surface area (Å²) in [6.07, 6.45) is 2.00. The number of rotatable bonds is 4. The van der Waals surface area contributed by atoms with Gasteiger partial charge < -0.3 is 15.2 Å². The fourth-order valence-corrected chi connectivity index (χ4v) is 2.56. The van der Waals surface area contributed by atoms with Crippen molar-refractivity contribution in [3.05, 3.63) is 28.2 Å². The summed E-state index contributed by atoms with van der Waals surface area (Å²) in [6, 6.07) is 5.27. The van der Waals surface area contributed by atoms with Gasteiger partial charge in [-0.25, -0.2) is 4.79 Å². The molecular formula is C14H18BrNO3. The molecule has 1 aromatic carbocycles. The second-order valence-electron chi connectivity index (χ2n) is 5.27. The zero-order chi connectivity index (χ0) is 13.9. The molecule has 104 valence electrons. The smallest absolute Gasteiger partial charge is 0.337 e. The van der Waals surface area contributed by atoms with Crippen LogP contribution in [0.1, 0.15) is 30.1 Å². The molecule has 2 N–H and O–H groups in total. The molecule has 1 saturated heterocycles. The third-order valence-electron chi connectivity index (χ3n) is 3.62. The van der Waals surface area contributed by atoms with Gasteiger partial charge in [-0.2, -0.15) is 0 Å². The molecular weight excluding hydrogens is 310 g/mol. The lowest BCUT2D eigenvalue weighted by Crippen LogP contribution is -2.33. The SMILES string of the molecule is CC1(CNc2ccc(Br)cc2C(=O)O)CCOCC1. The Morgan fingerprint density at radius 3 is 2.79 bits per heavy atom. The van der Waals surface area contributed by atoms with Crippen LogP contribution in [0.2, 0.25) is 0 Å². The van der Waals surface area contributed by atoms with E-state index in [1.54, 1.807) is 12.1 Å². The first kappa shape index (κ1) is 14.3. The average Bonchev–Trinajstić information content (AvgIpc) is 2.38. The summed E-state index contributed by atoms with van der Waals surface area (Å²) < 4.78 is 6.14. The van der Waals surface area contributed by atoms with Crippen LogP contribution in [0.25, 0.3) is 0 Å². The van der Waals surface area contributed by atoms with E-state index in [1.807, 2.05) is 6.07 Å². The first-order valence-corrected chi connectivity index (χ1v) is 7.14. The molecule has 0 amide bonds. The number of hydrogen-bond donors (Lipinski definition) is 2. The lowest BCUT2D eigenvalue weighted by atomic mass is 9.82. The summed E-state index contributed by atoms with van der Waals surface area (Å²) in [7, 11) is 0. The first-order chi connectivity index (χ1) is 9.00. The number of anilines is 1. The van der Waals surface area contributed by atoms with Crippen LogP contribution in [-0.4, -0.2) is 30.8 Å². The molecule has 0 unspecified atom stereocenters. The van der Waals surface area contributed by atoms with E-state index in [4.69, 9.17) is 4.74 Å². The van der Waals surface area contributed by atoms with E-state index in [1.165, 1.54) is 0 Å². The fraction of sp³-hybridized carbons (Fsp3) is 0.500. The van der Waals surface area contributed by atoms with Crippen molar-refractivity contribution in [2.45, 2.75) is 19.8 Å². The Balaban J connectivity index is 2.08. The van der Waals surface area contributed by atoms with Gasteiger partial charge in [0, 0.05) is 29.9 Å². The highest BCUT2D eigenvalue weighted by Crippen LogP contribution is 2.31. The highest BCUT2D eigenvalue weighted by atomic mass is 79.9. The molecule has 19 heavy (non-hydrogen) atoms. The van der Waals surface area contributed by atoms with Gasteiger partial charge in [0.2, 0.25) is 0 Å². The summed E-state index contributed by atoms with van der Waals surface area (Å²) in [5.74, 6) is -0.916. The van der Waals surface area contributed by atoms with Crippen molar-refractivity contribution in [3.8, 4) is 0 Å². The molecule has 1 fully saturated rings. The predicted molar refractivity (Wildman–Crippen MR) is 77.8 cm³/mol. The fourth-order valence-electron chi connectivity index (χ4n) is 2.20. The number of carbonyl (C=O) groups is 1. The molecule has 1 aliphatic rings. The number of ether oxygens (including phenoxy) is 1. The second-order valence-corrected chi connectivity index (χ2v) is 6.19. The molecule has 0 atom stereocenters. The topological polar surface area (TPSA) is 58.6 Å². The van der Waals surface area contributed by atoms with Crippen LogP contribution in [0, 0.1) is 5.41 Å². The minimum atomic E-state index is -0.916. The monoisotopic (exact) mass is 327 g/mol. The van der Waals surface area contributed by atoms with E-state index in [-0.39, 0.29) is 5.41 Å². The van der Waals surface area contributed by atoms with Gasteiger partial charge in [0.15, 0.2) is 0 Å². The molecule has 0 radical (unpaired) electrons. The van der Waals surface area contributed by atoms with E-state index in [2.05, 4.69) is 28.2 Å². The predicted octanol–water partition coefficient (Wildman–Crippen LogP) is 3.38. The Morgan fingerprint density at radius 1 is 1.47 bits per heavy atom. The third kappa shape index (κ3) is 3.70. The average molecular weight is 328 g/mol. The molecule has 0 bridgehead atoms. The summed E-state index contributed by atoms with van der Waals surface area (Å²) in [5.41, 5.74) is 1.13. The zero-order valence-corrected chi connectivity index (χ0v) is 12.5. The zero-order valence-electron chi connectivity index (χ0n) is 10.9. The van der Waals surface area contributed by atoms with Gasteiger partial charge in [0.25, 0.3) is 0 Å². The number of benzene rings is 1. The molecule has 0 saturated carbocycles. The van der Waals surface area contributed by atoms with Crippen molar-refractivity contribution in [1.29, 1.82) is 0 Å². The van der Waals surface area contributed by atoms with Gasteiger partial charge in [0.1, 0.15) is 0 Å². The summed E-state index contributed by atoms with van der Waals surface area (Å²) in [4.78, 5) is 11.2. The van der Waals surface area contributed by atoms with Crippen LogP contribution in [-0.2, 0) is 4.74 Å². The van der Waals surface area contributed by atoms with Gasteiger partial charge in [-0.3, -0.25) is 0 Å². The number of nitrogens with one attached hydrogen (secondary N) is 1. The normalized spacial score (nSPS) is 18.0. The van der Waals surface area contributed by atoms with Crippen LogP contribution in [0.5, 0.6) is 0 Å². The number of hydrogen-bond acceptors (Lipinski definition) is 3. The molecule has 1 aromatic rings.